The van der Waals surface area contributed by atoms with E-state index in [1.807, 2.05) is 48.7 Å². The zero-order valence-electron chi connectivity index (χ0n) is 15.2. The molecule has 0 saturated carbocycles. The molecule has 0 fully saturated rings. The first-order valence-corrected chi connectivity index (χ1v) is 11.6. The second-order valence-electron chi connectivity index (χ2n) is 7.32. The second kappa shape index (κ2) is 7.87. The van der Waals surface area contributed by atoms with E-state index in [0.29, 0.717) is 0 Å². The maximum atomic E-state index is 12.1. The van der Waals surface area contributed by atoms with E-state index in [9.17, 15) is 4.80 Å². The summed E-state index contributed by atoms with van der Waals surface area (Å²) in [6, 6.07) is 24.4. The van der Waals surface area contributed by atoms with Crippen LogP contribution in [0, 0.1) is 0 Å². The summed E-state index contributed by atoms with van der Waals surface area (Å²) in [7, 11) is -2.92. The van der Waals surface area contributed by atoms with Crippen molar-refractivity contribution < 1.29 is 4.80 Å². The highest BCUT2D eigenvalue weighted by Gasteiger charge is 2.49. The molecule has 0 bridgehead atoms. The summed E-state index contributed by atoms with van der Waals surface area (Å²) in [6.07, 6.45) is 3.69. The molecule has 0 unspecified atom stereocenters. The Morgan fingerprint density at radius 2 is 1.42 bits per heavy atom. The molecule has 0 atom stereocenters. The van der Waals surface area contributed by atoms with Crippen LogP contribution >= 0.6 is 15.9 Å². The third-order valence-electron chi connectivity index (χ3n) is 5.19. The van der Waals surface area contributed by atoms with Crippen molar-refractivity contribution in [2.75, 3.05) is 0 Å². The van der Waals surface area contributed by atoms with Crippen LogP contribution < -0.4 is 10.4 Å². The molecule has 0 saturated heterocycles. The van der Waals surface area contributed by atoms with Crippen LogP contribution in [0.25, 0.3) is 0 Å². The number of benzene rings is 2. The van der Waals surface area contributed by atoms with E-state index in [0.717, 1.165) is 27.8 Å². The van der Waals surface area contributed by atoms with Crippen LogP contribution in [-0.4, -0.2) is 18.1 Å². The number of pyridine rings is 1. The van der Waals surface area contributed by atoms with Gasteiger partial charge in [-0.3, -0.25) is 0 Å². The van der Waals surface area contributed by atoms with Crippen molar-refractivity contribution in [2.24, 2.45) is 0 Å². The van der Waals surface area contributed by atoms with Crippen LogP contribution in [0.3, 0.4) is 0 Å². The molecule has 1 N–H and O–H groups in total. The summed E-state index contributed by atoms with van der Waals surface area (Å²) >= 11 is 3.38. The fraction of sp³-hybridized carbons (Fsp3) is 0.227. The normalized spacial score (nSPS) is 12.2. The number of halogens is 1. The van der Waals surface area contributed by atoms with Gasteiger partial charge in [0.1, 0.15) is 4.60 Å². The van der Waals surface area contributed by atoms with Crippen molar-refractivity contribution in [3.8, 4) is 0 Å². The zero-order chi connectivity index (χ0) is 18.6. The first-order chi connectivity index (χ1) is 12.4. The highest BCUT2D eigenvalue weighted by Crippen LogP contribution is 2.39. The van der Waals surface area contributed by atoms with E-state index in [4.69, 9.17) is 0 Å². The van der Waals surface area contributed by atoms with E-state index >= 15 is 0 Å². The smallest absolute Gasteiger partial charge is 0.258 e. The van der Waals surface area contributed by atoms with E-state index in [2.05, 4.69) is 65.1 Å². The predicted octanol–water partition coefficient (Wildman–Crippen LogP) is 4.31. The molecule has 2 aromatic carbocycles. The standard InChI is InChI=1S/C22H24BrNOSi/c1-22(2,16-15-18-13-14-21(23)24-17-18)26(25,19-9-5-3-6-10-19)20-11-7-4-8-12-20/h3-14,17,25H,15-16H2,1-2H3. The number of hydrogen-bond acceptors (Lipinski definition) is 2. The molecule has 134 valence electrons. The third kappa shape index (κ3) is 3.82. The van der Waals surface area contributed by atoms with Gasteiger partial charge in [-0.15, -0.1) is 0 Å². The third-order valence-corrected chi connectivity index (χ3v) is 10.2. The van der Waals surface area contributed by atoms with E-state index < -0.39 is 8.32 Å². The Kier molecular flexibility index (Phi) is 5.75. The van der Waals surface area contributed by atoms with Crippen molar-refractivity contribution in [2.45, 2.75) is 31.7 Å². The number of rotatable bonds is 6. The summed E-state index contributed by atoms with van der Waals surface area (Å²) < 4.78 is 0.847. The highest BCUT2D eigenvalue weighted by molar-refractivity contribution is 9.10. The molecule has 1 aromatic heterocycles. The van der Waals surface area contributed by atoms with Crippen LogP contribution in [-0.2, 0) is 6.42 Å². The Hall–Kier alpha value is -1.75. The Morgan fingerprint density at radius 1 is 0.885 bits per heavy atom. The number of nitrogens with zero attached hydrogens (tertiary/aromatic N) is 1. The molecule has 0 aliphatic carbocycles. The van der Waals surface area contributed by atoms with Crippen molar-refractivity contribution >= 4 is 34.6 Å². The van der Waals surface area contributed by atoms with Gasteiger partial charge in [0.2, 0.25) is 0 Å². The van der Waals surface area contributed by atoms with Gasteiger partial charge in [0.05, 0.1) is 0 Å². The van der Waals surface area contributed by atoms with Crippen molar-refractivity contribution in [1.29, 1.82) is 0 Å². The van der Waals surface area contributed by atoms with Gasteiger partial charge in [-0.25, -0.2) is 4.98 Å². The topological polar surface area (TPSA) is 33.1 Å². The maximum Gasteiger partial charge on any atom is 0.258 e. The van der Waals surface area contributed by atoms with Crippen LogP contribution in [0.15, 0.2) is 83.6 Å². The van der Waals surface area contributed by atoms with Crippen LogP contribution in [0.4, 0.5) is 0 Å². The fourth-order valence-electron chi connectivity index (χ4n) is 3.50. The molecular weight excluding hydrogens is 402 g/mol. The molecule has 2 nitrogen and oxygen atoms in total. The largest absolute Gasteiger partial charge is 0.424 e. The first kappa shape index (κ1) is 19.0. The molecular formula is C22H24BrNOSi. The van der Waals surface area contributed by atoms with Gasteiger partial charge in [0.25, 0.3) is 8.32 Å². The van der Waals surface area contributed by atoms with Crippen LogP contribution in [0.2, 0.25) is 5.04 Å². The fourth-order valence-corrected chi connectivity index (χ4v) is 7.47. The Labute approximate surface area is 165 Å². The molecule has 0 aliphatic rings. The predicted molar refractivity (Wildman–Crippen MR) is 114 cm³/mol. The summed E-state index contributed by atoms with van der Waals surface area (Å²) in [5.41, 5.74) is 1.19. The monoisotopic (exact) mass is 425 g/mol. The van der Waals surface area contributed by atoms with Gasteiger partial charge < -0.3 is 4.80 Å². The Morgan fingerprint density at radius 3 is 1.88 bits per heavy atom. The average molecular weight is 426 g/mol. The van der Waals surface area contributed by atoms with Gasteiger partial charge >= 0.3 is 0 Å². The lowest BCUT2D eigenvalue weighted by molar-refractivity contribution is 0.466. The summed E-state index contributed by atoms with van der Waals surface area (Å²) in [5, 5.41) is 1.89. The molecule has 0 amide bonds. The van der Waals surface area contributed by atoms with Crippen molar-refractivity contribution in [3.05, 3.63) is 89.2 Å². The highest BCUT2D eigenvalue weighted by atomic mass is 79.9. The quantitative estimate of drug-likeness (QED) is 0.471. The van der Waals surface area contributed by atoms with Gasteiger partial charge in [-0.05, 0) is 55.8 Å². The molecule has 3 rings (SSSR count). The van der Waals surface area contributed by atoms with Crippen LogP contribution in [0.5, 0.6) is 0 Å². The van der Waals surface area contributed by atoms with Gasteiger partial charge in [0, 0.05) is 6.20 Å². The summed E-state index contributed by atoms with van der Waals surface area (Å²) in [4.78, 5) is 16.4. The molecule has 1 heterocycles. The number of aromatic nitrogens is 1. The molecule has 0 aliphatic heterocycles. The average Bonchev–Trinajstić information content (AvgIpc) is 2.68. The van der Waals surface area contributed by atoms with Gasteiger partial charge in [0.15, 0.2) is 0 Å². The van der Waals surface area contributed by atoms with Crippen LogP contribution in [0.1, 0.15) is 25.8 Å². The van der Waals surface area contributed by atoms with E-state index in [1.165, 1.54) is 5.56 Å². The second-order valence-corrected chi connectivity index (χ2v) is 12.1. The van der Waals surface area contributed by atoms with Crippen molar-refractivity contribution in [3.63, 3.8) is 0 Å². The van der Waals surface area contributed by atoms with E-state index in [-0.39, 0.29) is 5.04 Å². The van der Waals surface area contributed by atoms with Crippen molar-refractivity contribution in [1.82, 2.24) is 4.98 Å². The first-order valence-electron chi connectivity index (χ1n) is 8.87. The van der Waals surface area contributed by atoms with Gasteiger partial charge in [-0.2, -0.15) is 0 Å². The Bertz CT molecular complexity index is 796. The van der Waals surface area contributed by atoms with E-state index in [1.54, 1.807) is 0 Å². The summed E-state index contributed by atoms with van der Waals surface area (Å²) in [5.74, 6) is 0. The Balaban J connectivity index is 1.96. The number of aryl methyl sites for hydroxylation is 1. The molecule has 26 heavy (non-hydrogen) atoms. The minimum Gasteiger partial charge on any atom is -0.424 e. The molecule has 4 heteroatoms. The zero-order valence-corrected chi connectivity index (χ0v) is 17.8. The lowest BCUT2D eigenvalue weighted by atomic mass is 10.0. The SMILES string of the molecule is CC(C)(CCc1ccc(Br)nc1)[Si](O)(c1ccccc1)c1ccccc1. The molecule has 0 radical (unpaired) electrons. The minimum absolute atomic E-state index is 0.233. The minimum atomic E-state index is -2.92. The molecule has 3 aromatic rings. The van der Waals surface area contributed by atoms with Gasteiger partial charge in [-0.1, -0.05) is 80.6 Å². The number of hydrogen-bond donors (Lipinski definition) is 1. The maximum absolute atomic E-state index is 12.1. The lowest BCUT2D eigenvalue weighted by Crippen LogP contribution is -2.65. The molecule has 0 spiro atoms. The summed E-state index contributed by atoms with van der Waals surface area (Å²) in [6.45, 7) is 4.40. The lowest BCUT2D eigenvalue weighted by Gasteiger charge is -2.41.